The molecule has 3 aliphatic heterocycles. The normalized spacial score (nSPS) is 31.3. The minimum atomic E-state index is -0.827. The van der Waals surface area contributed by atoms with Crippen LogP contribution in [0.5, 0.6) is 5.75 Å². The van der Waals surface area contributed by atoms with Crippen LogP contribution in [0.25, 0.3) is 0 Å². The molecular weight excluding hydrogens is 458 g/mol. The van der Waals surface area contributed by atoms with Gasteiger partial charge in [0.05, 0.1) is 13.2 Å². The molecule has 3 heterocycles. The summed E-state index contributed by atoms with van der Waals surface area (Å²) in [5, 5.41) is 12.2. The summed E-state index contributed by atoms with van der Waals surface area (Å²) in [7, 11) is 1.28. The van der Waals surface area contributed by atoms with Crippen LogP contribution in [0, 0.1) is 0 Å². The van der Waals surface area contributed by atoms with Gasteiger partial charge in [-0.1, -0.05) is 12.1 Å². The molecule has 0 bridgehead atoms. The molecule has 0 radical (unpaired) electrons. The highest BCUT2D eigenvalue weighted by atomic mass is 16.9. The quantitative estimate of drug-likeness (QED) is 0.525. The largest absolute Gasteiger partial charge is 0.508 e. The van der Waals surface area contributed by atoms with Crippen LogP contribution in [-0.4, -0.2) is 72.4 Å². The van der Waals surface area contributed by atoms with E-state index in [4.69, 9.17) is 28.4 Å². The Morgan fingerprint density at radius 1 is 1.00 bits per heavy atom. The average Bonchev–Trinajstić information content (AvgIpc) is 3.28. The van der Waals surface area contributed by atoms with Crippen LogP contribution >= 0.6 is 0 Å². The van der Waals surface area contributed by atoms with E-state index in [-0.39, 0.29) is 42.8 Å². The summed E-state index contributed by atoms with van der Waals surface area (Å²) in [5.74, 6) is -2.23. The number of nitrogens with one attached hydrogen (secondary N) is 1. The number of methoxy groups -OCH3 is 1. The smallest absolute Gasteiger partial charge is 0.328 e. The Hall–Kier alpha value is -2.24. The third-order valence-corrected chi connectivity index (χ3v) is 6.34. The molecule has 194 valence electrons. The molecule has 35 heavy (non-hydrogen) atoms. The van der Waals surface area contributed by atoms with Gasteiger partial charge in [0.25, 0.3) is 0 Å². The van der Waals surface area contributed by atoms with Crippen molar-refractivity contribution in [3.63, 3.8) is 0 Å². The highest BCUT2D eigenvalue weighted by molar-refractivity contribution is 5.84. The van der Waals surface area contributed by atoms with Gasteiger partial charge in [-0.15, -0.1) is 0 Å². The molecular formula is C25H35NO9. The fraction of sp³-hybridized carbons (Fsp3) is 0.680. The zero-order valence-corrected chi connectivity index (χ0v) is 20.8. The Morgan fingerprint density at radius 2 is 1.63 bits per heavy atom. The number of esters is 1. The molecule has 0 spiro atoms. The van der Waals surface area contributed by atoms with Gasteiger partial charge in [0, 0.05) is 12.8 Å². The van der Waals surface area contributed by atoms with E-state index in [1.807, 2.05) is 27.7 Å². The van der Waals surface area contributed by atoms with Gasteiger partial charge in [-0.3, -0.25) is 4.79 Å². The number of ether oxygens (including phenoxy) is 6. The van der Waals surface area contributed by atoms with Gasteiger partial charge < -0.3 is 38.8 Å². The second-order valence-electron chi connectivity index (χ2n) is 10.1. The highest BCUT2D eigenvalue weighted by Crippen LogP contribution is 2.44. The van der Waals surface area contributed by atoms with Crippen molar-refractivity contribution in [2.45, 2.75) is 102 Å². The van der Waals surface area contributed by atoms with Crippen molar-refractivity contribution in [2.75, 3.05) is 7.11 Å². The van der Waals surface area contributed by atoms with Crippen LogP contribution in [0.3, 0.4) is 0 Å². The Labute approximate surface area is 205 Å². The van der Waals surface area contributed by atoms with Crippen LogP contribution in [0.15, 0.2) is 24.3 Å². The lowest BCUT2D eigenvalue weighted by atomic mass is 9.95. The van der Waals surface area contributed by atoms with E-state index in [2.05, 4.69) is 5.32 Å². The summed E-state index contributed by atoms with van der Waals surface area (Å²) in [5.41, 5.74) is 0.789. The number of hydrogen-bond donors (Lipinski definition) is 2. The number of hydrogen-bond acceptors (Lipinski definition) is 9. The summed E-state index contributed by atoms with van der Waals surface area (Å²) in [6.45, 7) is 7.37. The Balaban J connectivity index is 1.32. The van der Waals surface area contributed by atoms with Crippen LogP contribution < -0.4 is 5.32 Å². The minimum Gasteiger partial charge on any atom is -0.508 e. The predicted molar refractivity (Wildman–Crippen MR) is 122 cm³/mol. The van der Waals surface area contributed by atoms with Gasteiger partial charge in [-0.25, -0.2) is 4.79 Å². The molecule has 6 atom stereocenters. The summed E-state index contributed by atoms with van der Waals surface area (Å²) < 4.78 is 35.2. The maximum Gasteiger partial charge on any atom is 0.328 e. The molecule has 10 heteroatoms. The fourth-order valence-electron chi connectivity index (χ4n) is 4.86. The van der Waals surface area contributed by atoms with E-state index in [1.165, 1.54) is 19.2 Å². The molecule has 10 nitrogen and oxygen atoms in total. The minimum absolute atomic E-state index is 0.129. The van der Waals surface area contributed by atoms with Gasteiger partial charge in [-0.2, -0.15) is 0 Å². The topological polar surface area (TPSA) is 122 Å². The zero-order valence-electron chi connectivity index (χ0n) is 20.8. The van der Waals surface area contributed by atoms with E-state index in [9.17, 15) is 14.7 Å². The summed E-state index contributed by atoms with van der Waals surface area (Å²) in [6.07, 6.45) is -0.468. The molecule has 1 unspecified atom stereocenters. The number of phenolic OH excluding ortho intramolecular Hbond substituents is 1. The van der Waals surface area contributed by atoms with Gasteiger partial charge in [0.15, 0.2) is 17.9 Å². The lowest BCUT2D eigenvalue weighted by Gasteiger charge is -2.37. The molecule has 3 saturated heterocycles. The van der Waals surface area contributed by atoms with Crippen molar-refractivity contribution in [1.29, 1.82) is 0 Å². The van der Waals surface area contributed by atoms with Crippen molar-refractivity contribution in [2.24, 2.45) is 0 Å². The molecule has 0 aliphatic carbocycles. The van der Waals surface area contributed by atoms with E-state index < -0.39 is 36.0 Å². The Morgan fingerprint density at radius 3 is 2.31 bits per heavy atom. The molecule has 3 fully saturated rings. The number of amides is 1. The maximum absolute atomic E-state index is 12.7. The number of rotatable bonds is 8. The first-order valence-electron chi connectivity index (χ1n) is 12.0. The molecule has 1 aromatic rings. The SMILES string of the molecule is COC(=O)[C@H](Cc1ccc(O)cc1)NC(=O)CCCC1O[C@@H]2OC(C)(C)O[C@@H]2[C@H]2OC(C)(C)O[C@@H]12. The molecule has 0 saturated carbocycles. The van der Waals surface area contributed by atoms with Crippen LogP contribution in [0.2, 0.25) is 0 Å². The van der Waals surface area contributed by atoms with Crippen molar-refractivity contribution < 1.29 is 43.1 Å². The lowest BCUT2D eigenvalue weighted by molar-refractivity contribution is -0.235. The van der Waals surface area contributed by atoms with Gasteiger partial charge in [-0.05, 0) is 58.2 Å². The lowest BCUT2D eigenvalue weighted by Crippen LogP contribution is -2.54. The Bertz CT molecular complexity index is 916. The van der Waals surface area contributed by atoms with Crippen LogP contribution in [-0.2, 0) is 44.4 Å². The van der Waals surface area contributed by atoms with Crippen molar-refractivity contribution in [3.05, 3.63) is 29.8 Å². The molecule has 4 rings (SSSR count). The van der Waals surface area contributed by atoms with E-state index >= 15 is 0 Å². The van der Waals surface area contributed by atoms with Crippen molar-refractivity contribution >= 4 is 11.9 Å². The first kappa shape index (κ1) is 25.8. The van der Waals surface area contributed by atoms with Crippen LogP contribution in [0.4, 0.5) is 0 Å². The van der Waals surface area contributed by atoms with Gasteiger partial charge in [0.2, 0.25) is 5.91 Å². The number of fused-ring (bicyclic) bond motifs is 3. The average molecular weight is 494 g/mol. The van der Waals surface area contributed by atoms with Crippen LogP contribution in [0.1, 0.15) is 52.5 Å². The van der Waals surface area contributed by atoms with Crippen molar-refractivity contribution in [3.8, 4) is 5.75 Å². The number of carbonyl (C=O) groups is 2. The molecule has 3 aliphatic rings. The molecule has 0 aromatic heterocycles. The van der Waals surface area contributed by atoms with E-state index in [0.717, 1.165) is 5.56 Å². The molecule has 2 N–H and O–H groups in total. The standard InChI is InChI=1S/C25H35NO9/c1-24(2)32-19-17(31-23-21(20(19)33-24)34-25(3,4)35-23)7-6-8-18(28)26-16(22(29)30-5)13-14-9-11-15(27)12-10-14/h9-12,16-17,19-21,23,27H,6-8,13H2,1-5H3,(H,26,28)/t16-,17?,19-,20-,21+,23+/m0/s1. The zero-order chi connectivity index (χ0) is 25.4. The molecule has 1 amide bonds. The second-order valence-corrected chi connectivity index (χ2v) is 10.1. The summed E-state index contributed by atoms with van der Waals surface area (Å²) in [6, 6.07) is 5.63. The fourth-order valence-corrected chi connectivity index (χ4v) is 4.86. The van der Waals surface area contributed by atoms with E-state index in [1.54, 1.807) is 12.1 Å². The van der Waals surface area contributed by atoms with Gasteiger partial charge >= 0.3 is 5.97 Å². The third-order valence-electron chi connectivity index (χ3n) is 6.34. The predicted octanol–water partition coefficient (Wildman–Crippen LogP) is 2.16. The number of aromatic hydroxyl groups is 1. The first-order chi connectivity index (χ1) is 16.5. The second kappa shape index (κ2) is 10.0. The Kier molecular flexibility index (Phi) is 7.40. The number of phenols is 1. The number of benzene rings is 1. The maximum atomic E-state index is 12.7. The summed E-state index contributed by atoms with van der Waals surface area (Å²) >= 11 is 0. The monoisotopic (exact) mass is 493 g/mol. The number of carbonyl (C=O) groups excluding carboxylic acids is 2. The van der Waals surface area contributed by atoms with Gasteiger partial charge in [0.1, 0.15) is 30.1 Å². The third kappa shape index (κ3) is 6.13. The van der Waals surface area contributed by atoms with Crippen molar-refractivity contribution in [1.82, 2.24) is 5.32 Å². The summed E-state index contributed by atoms with van der Waals surface area (Å²) in [4.78, 5) is 24.9. The molecule has 1 aromatic carbocycles. The highest BCUT2D eigenvalue weighted by Gasteiger charge is 2.60. The van der Waals surface area contributed by atoms with E-state index in [0.29, 0.717) is 12.8 Å². The first-order valence-corrected chi connectivity index (χ1v) is 12.0.